The number of nitrogens with one attached hydrogen (secondary N) is 2. The predicted octanol–water partition coefficient (Wildman–Crippen LogP) is 3.48. The van der Waals surface area contributed by atoms with Crippen LogP contribution in [0, 0.1) is 5.92 Å². The third-order valence-electron chi connectivity index (χ3n) is 5.32. The van der Waals surface area contributed by atoms with Crippen molar-refractivity contribution in [3.63, 3.8) is 0 Å². The average molecular weight is 328 g/mol. The molecule has 2 aliphatic heterocycles. The molecule has 4 rings (SSSR count). The summed E-state index contributed by atoms with van der Waals surface area (Å²) in [5.41, 5.74) is 1.35. The van der Waals surface area contributed by atoms with E-state index in [1.54, 1.807) is 11.3 Å². The van der Waals surface area contributed by atoms with Gasteiger partial charge in [0.15, 0.2) is 0 Å². The van der Waals surface area contributed by atoms with Crippen LogP contribution in [0.5, 0.6) is 0 Å². The van der Waals surface area contributed by atoms with E-state index < -0.39 is 0 Å². The summed E-state index contributed by atoms with van der Waals surface area (Å²) >= 11 is 1.79. The molecule has 4 heteroatoms. The molecule has 2 saturated heterocycles. The Hall–Kier alpha value is -1.39. The fourth-order valence-corrected chi connectivity index (χ4v) is 5.24. The Morgan fingerprint density at radius 1 is 1.22 bits per heavy atom. The zero-order chi connectivity index (χ0) is 15.6. The van der Waals surface area contributed by atoms with Crippen LogP contribution in [0.3, 0.4) is 0 Å². The second kappa shape index (κ2) is 6.62. The third-order valence-corrected chi connectivity index (χ3v) is 6.33. The maximum atomic E-state index is 12.2. The first-order valence-corrected chi connectivity index (χ1v) is 9.64. The molecule has 2 unspecified atom stereocenters. The molecule has 0 aliphatic carbocycles. The van der Waals surface area contributed by atoms with Gasteiger partial charge in [0, 0.05) is 29.7 Å². The Morgan fingerprint density at radius 3 is 2.83 bits per heavy atom. The first-order chi connectivity index (χ1) is 11.3. The summed E-state index contributed by atoms with van der Waals surface area (Å²) in [7, 11) is 0. The van der Waals surface area contributed by atoms with Gasteiger partial charge >= 0.3 is 0 Å². The van der Waals surface area contributed by atoms with Crippen molar-refractivity contribution in [2.75, 3.05) is 6.54 Å². The SMILES string of the molecule is O=C(CC1CC2CCC(C1)N2)NCCc1csc2ccccc12. The number of thiophene rings is 1. The molecule has 2 atom stereocenters. The highest BCUT2D eigenvalue weighted by Crippen LogP contribution is 2.32. The molecule has 0 radical (unpaired) electrons. The van der Waals surface area contributed by atoms with Crippen LogP contribution in [0.25, 0.3) is 10.1 Å². The highest BCUT2D eigenvalue weighted by molar-refractivity contribution is 7.17. The smallest absolute Gasteiger partial charge is 0.220 e. The molecule has 2 aliphatic rings. The highest BCUT2D eigenvalue weighted by atomic mass is 32.1. The number of benzene rings is 1. The Balaban J connectivity index is 1.25. The number of rotatable bonds is 5. The summed E-state index contributed by atoms with van der Waals surface area (Å²) in [4.78, 5) is 12.2. The van der Waals surface area contributed by atoms with Gasteiger partial charge < -0.3 is 10.6 Å². The van der Waals surface area contributed by atoms with Crippen LogP contribution < -0.4 is 10.6 Å². The van der Waals surface area contributed by atoms with E-state index in [0.29, 0.717) is 24.4 Å². The summed E-state index contributed by atoms with van der Waals surface area (Å²) in [6.07, 6.45) is 6.59. The van der Waals surface area contributed by atoms with Crippen LogP contribution in [-0.4, -0.2) is 24.5 Å². The van der Waals surface area contributed by atoms with E-state index in [-0.39, 0.29) is 5.91 Å². The lowest BCUT2D eigenvalue weighted by Gasteiger charge is -2.28. The maximum Gasteiger partial charge on any atom is 0.220 e. The van der Waals surface area contributed by atoms with Gasteiger partial charge in [-0.05, 0) is 60.4 Å². The van der Waals surface area contributed by atoms with Crippen LogP contribution in [0.2, 0.25) is 0 Å². The fourth-order valence-electron chi connectivity index (χ4n) is 4.24. The number of fused-ring (bicyclic) bond motifs is 3. The summed E-state index contributed by atoms with van der Waals surface area (Å²) in [5.74, 6) is 0.812. The molecule has 2 N–H and O–H groups in total. The van der Waals surface area contributed by atoms with Gasteiger partial charge in [0.2, 0.25) is 5.91 Å². The van der Waals surface area contributed by atoms with Crippen LogP contribution in [0.4, 0.5) is 0 Å². The van der Waals surface area contributed by atoms with Gasteiger partial charge in [-0.1, -0.05) is 18.2 Å². The molecular weight excluding hydrogens is 304 g/mol. The van der Waals surface area contributed by atoms with Gasteiger partial charge in [-0.25, -0.2) is 0 Å². The normalized spacial score (nSPS) is 26.5. The predicted molar refractivity (Wildman–Crippen MR) is 95.8 cm³/mol. The Labute approximate surface area is 141 Å². The van der Waals surface area contributed by atoms with Gasteiger partial charge in [0.05, 0.1) is 0 Å². The Kier molecular flexibility index (Phi) is 4.36. The van der Waals surface area contributed by atoms with E-state index in [1.807, 2.05) is 0 Å². The summed E-state index contributed by atoms with van der Waals surface area (Å²) < 4.78 is 1.33. The van der Waals surface area contributed by atoms with Crippen molar-refractivity contribution >= 4 is 27.3 Å². The number of hydrogen-bond acceptors (Lipinski definition) is 3. The van der Waals surface area contributed by atoms with Crippen molar-refractivity contribution in [1.29, 1.82) is 0 Å². The van der Waals surface area contributed by atoms with Gasteiger partial charge in [-0.15, -0.1) is 11.3 Å². The van der Waals surface area contributed by atoms with Crippen molar-refractivity contribution < 1.29 is 4.79 Å². The van der Waals surface area contributed by atoms with E-state index in [9.17, 15) is 4.79 Å². The molecule has 1 aromatic heterocycles. The summed E-state index contributed by atoms with van der Waals surface area (Å²) in [6, 6.07) is 9.84. The van der Waals surface area contributed by atoms with Gasteiger partial charge in [-0.3, -0.25) is 4.79 Å². The van der Waals surface area contributed by atoms with E-state index in [1.165, 1.54) is 41.3 Å². The molecule has 2 bridgehead atoms. The first kappa shape index (κ1) is 15.2. The Bertz CT molecular complexity index is 683. The second-order valence-corrected chi connectivity index (χ2v) is 7.95. The van der Waals surface area contributed by atoms with Gasteiger partial charge in [-0.2, -0.15) is 0 Å². The number of piperidine rings is 1. The van der Waals surface area contributed by atoms with Gasteiger partial charge in [0.25, 0.3) is 0 Å². The van der Waals surface area contributed by atoms with Crippen molar-refractivity contribution in [3.05, 3.63) is 35.2 Å². The van der Waals surface area contributed by atoms with Crippen molar-refractivity contribution in [2.45, 2.75) is 50.6 Å². The molecule has 23 heavy (non-hydrogen) atoms. The highest BCUT2D eigenvalue weighted by Gasteiger charge is 2.34. The minimum absolute atomic E-state index is 0.232. The summed E-state index contributed by atoms with van der Waals surface area (Å²) in [5, 5.41) is 10.3. The lowest BCUT2D eigenvalue weighted by Crippen LogP contribution is -2.39. The largest absolute Gasteiger partial charge is 0.356 e. The van der Waals surface area contributed by atoms with Gasteiger partial charge in [0.1, 0.15) is 0 Å². The lowest BCUT2D eigenvalue weighted by molar-refractivity contribution is -0.122. The van der Waals surface area contributed by atoms with E-state index in [0.717, 1.165) is 13.0 Å². The minimum atomic E-state index is 0.232. The molecule has 2 aromatic rings. The molecule has 3 heterocycles. The molecule has 1 amide bonds. The quantitative estimate of drug-likeness (QED) is 0.882. The summed E-state index contributed by atoms with van der Waals surface area (Å²) in [6.45, 7) is 0.747. The molecule has 0 saturated carbocycles. The number of hydrogen-bond donors (Lipinski definition) is 2. The zero-order valence-corrected chi connectivity index (χ0v) is 14.2. The maximum absolute atomic E-state index is 12.2. The van der Waals surface area contributed by atoms with Crippen LogP contribution in [0.15, 0.2) is 29.6 Å². The number of amides is 1. The third kappa shape index (κ3) is 3.43. The van der Waals surface area contributed by atoms with Crippen LogP contribution >= 0.6 is 11.3 Å². The average Bonchev–Trinajstić information content (AvgIpc) is 3.11. The number of carbonyl (C=O) groups excluding carboxylic acids is 1. The molecule has 3 nitrogen and oxygen atoms in total. The number of carbonyl (C=O) groups is 1. The monoisotopic (exact) mass is 328 g/mol. The standard InChI is InChI=1S/C19H24N2OS/c22-19(11-13-9-15-5-6-16(10-13)21-15)20-8-7-14-12-23-18-4-2-1-3-17(14)18/h1-4,12-13,15-16,21H,5-11H2,(H,20,22). The topological polar surface area (TPSA) is 41.1 Å². The molecule has 2 fully saturated rings. The molecule has 1 aromatic carbocycles. The molecule has 122 valence electrons. The molecule has 0 spiro atoms. The minimum Gasteiger partial charge on any atom is -0.356 e. The van der Waals surface area contributed by atoms with Crippen molar-refractivity contribution in [2.24, 2.45) is 5.92 Å². The van der Waals surface area contributed by atoms with E-state index >= 15 is 0 Å². The lowest BCUT2D eigenvalue weighted by atomic mass is 9.89. The second-order valence-electron chi connectivity index (χ2n) is 7.04. The van der Waals surface area contributed by atoms with E-state index in [2.05, 4.69) is 40.3 Å². The first-order valence-electron chi connectivity index (χ1n) is 8.76. The van der Waals surface area contributed by atoms with Crippen molar-refractivity contribution in [3.8, 4) is 0 Å². The Morgan fingerprint density at radius 2 is 2.00 bits per heavy atom. The van der Waals surface area contributed by atoms with Crippen molar-refractivity contribution in [1.82, 2.24) is 10.6 Å². The fraction of sp³-hybridized carbons (Fsp3) is 0.526. The molecular formula is C19H24N2OS. The van der Waals surface area contributed by atoms with E-state index in [4.69, 9.17) is 0 Å². The van der Waals surface area contributed by atoms with Crippen LogP contribution in [-0.2, 0) is 11.2 Å². The zero-order valence-electron chi connectivity index (χ0n) is 13.4. The van der Waals surface area contributed by atoms with Crippen LogP contribution in [0.1, 0.15) is 37.7 Å².